The van der Waals surface area contributed by atoms with Crippen LogP contribution < -0.4 is 10.5 Å². The Morgan fingerprint density at radius 3 is 2.04 bits per heavy atom. The zero-order chi connectivity index (χ0) is 16.9. The van der Waals surface area contributed by atoms with Crippen molar-refractivity contribution in [2.45, 2.75) is 31.6 Å². The highest BCUT2D eigenvalue weighted by atomic mass is 35.5. The fourth-order valence-corrected chi connectivity index (χ4v) is 3.47. The standard InChI is InChI=1S/C18H24N2O2S.ClH/c1-14(2)16-8-10-17(11-9-16)18(19)12-20-23(21,22)13-15-6-4-3-5-7-15;/h3-11,14,18,20H,12-13,19H2,1-2H3;1H. The molecule has 1 atom stereocenters. The molecule has 132 valence electrons. The Morgan fingerprint density at radius 1 is 0.958 bits per heavy atom. The fraction of sp³-hybridized carbons (Fsp3) is 0.333. The summed E-state index contributed by atoms with van der Waals surface area (Å²) in [5.74, 6) is 0.428. The van der Waals surface area contributed by atoms with Crippen LogP contribution in [-0.2, 0) is 15.8 Å². The van der Waals surface area contributed by atoms with Crippen molar-refractivity contribution >= 4 is 22.4 Å². The van der Waals surface area contributed by atoms with E-state index in [9.17, 15) is 8.42 Å². The molecule has 0 saturated carbocycles. The molecule has 0 heterocycles. The molecule has 2 aromatic carbocycles. The number of hydrogen-bond acceptors (Lipinski definition) is 3. The molecule has 2 aromatic rings. The van der Waals surface area contributed by atoms with Gasteiger partial charge in [-0.25, -0.2) is 13.1 Å². The number of rotatable bonds is 7. The Hall–Kier alpha value is -1.40. The van der Waals surface area contributed by atoms with E-state index in [0.29, 0.717) is 5.92 Å². The second-order valence-corrected chi connectivity index (χ2v) is 7.83. The lowest BCUT2D eigenvalue weighted by molar-refractivity contribution is 0.571. The molecule has 0 bridgehead atoms. The summed E-state index contributed by atoms with van der Waals surface area (Å²) in [7, 11) is -3.39. The normalized spacial score (nSPS) is 12.7. The first-order chi connectivity index (χ1) is 10.9. The van der Waals surface area contributed by atoms with Crippen LogP contribution >= 0.6 is 12.4 Å². The zero-order valence-electron chi connectivity index (χ0n) is 14.0. The number of nitrogens with one attached hydrogen (secondary N) is 1. The maximum Gasteiger partial charge on any atom is 0.215 e. The van der Waals surface area contributed by atoms with Gasteiger partial charge in [0.1, 0.15) is 0 Å². The van der Waals surface area contributed by atoms with E-state index in [-0.39, 0.29) is 30.7 Å². The summed E-state index contributed by atoms with van der Waals surface area (Å²) in [6.45, 7) is 4.45. The van der Waals surface area contributed by atoms with Crippen molar-refractivity contribution in [2.24, 2.45) is 5.73 Å². The van der Waals surface area contributed by atoms with Crippen LogP contribution in [0, 0.1) is 0 Å². The van der Waals surface area contributed by atoms with Crippen molar-refractivity contribution in [1.29, 1.82) is 0 Å². The third-order valence-corrected chi connectivity index (χ3v) is 5.07. The molecule has 0 saturated heterocycles. The molecule has 0 aliphatic heterocycles. The van der Waals surface area contributed by atoms with E-state index < -0.39 is 10.0 Å². The third kappa shape index (κ3) is 6.24. The molecule has 2 rings (SSSR count). The summed E-state index contributed by atoms with van der Waals surface area (Å²) in [6, 6.07) is 16.8. The van der Waals surface area contributed by atoms with Crippen molar-refractivity contribution < 1.29 is 8.42 Å². The summed E-state index contributed by atoms with van der Waals surface area (Å²) in [5, 5.41) is 0. The molecule has 24 heavy (non-hydrogen) atoms. The van der Waals surface area contributed by atoms with E-state index in [1.807, 2.05) is 42.5 Å². The van der Waals surface area contributed by atoms with Crippen molar-refractivity contribution in [3.63, 3.8) is 0 Å². The van der Waals surface area contributed by atoms with Crippen LogP contribution in [0.3, 0.4) is 0 Å². The molecule has 3 N–H and O–H groups in total. The fourth-order valence-electron chi connectivity index (χ4n) is 2.31. The lowest BCUT2D eigenvalue weighted by atomic mass is 9.99. The smallest absolute Gasteiger partial charge is 0.215 e. The van der Waals surface area contributed by atoms with Crippen LogP contribution in [0.5, 0.6) is 0 Å². The predicted molar refractivity (Wildman–Crippen MR) is 102 cm³/mol. The van der Waals surface area contributed by atoms with E-state index >= 15 is 0 Å². The summed E-state index contributed by atoms with van der Waals surface area (Å²) in [6.07, 6.45) is 0. The molecule has 0 aromatic heterocycles. The van der Waals surface area contributed by atoms with Gasteiger partial charge in [0, 0.05) is 12.6 Å². The summed E-state index contributed by atoms with van der Waals surface area (Å²) in [4.78, 5) is 0. The van der Waals surface area contributed by atoms with Gasteiger partial charge in [0.05, 0.1) is 5.75 Å². The maximum atomic E-state index is 12.1. The van der Waals surface area contributed by atoms with Gasteiger partial charge in [0.15, 0.2) is 0 Å². The topological polar surface area (TPSA) is 72.2 Å². The molecular formula is C18H25ClN2O2S. The summed E-state index contributed by atoms with van der Waals surface area (Å²) < 4.78 is 26.8. The van der Waals surface area contributed by atoms with Crippen LogP contribution in [0.1, 0.15) is 42.5 Å². The number of nitrogens with two attached hydrogens (primary N) is 1. The maximum absolute atomic E-state index is 12.1. The van der Waals surface area contributed by atoms with E-state index in [2.05, 4.69) is 18.6 Å². The van der Waals surface area contributed by atoms with Gasteiger partial charge in [-0.15, -0.1) is 12.4 Å². The molecule has 0 fully saturated rings. The van der Waals surface area contributed by atoms with Crippen molar-refractivity contribution in [3.05, 3.63) is 71.3 Å². The minimum absolute atomic E-state index is 0. The van der Waals surface area contributed by atoms with Gasteiger partial charge in [-0.3, -0.25) is 0 Å². The molecule has 6 heteroatoms. The second kappa shape index (κ2) is 9.18. The number of hydrogen-bond donors (Lipinski definition) is 2. The zero-order valence-corrected chi connectivity index (χ0v) is 15.6. The molecule has 1 unspecified atom stereocenters. The molecule has 4 nitrogen and oxygen atoms in total. The molecule has 0 spiro atoms. The van der Waals surface area contributed by atoms with Crippen LogP contribution in [0.25, 0.3) is 0 Å². The Bertz CT molecular complexity index is 716. The molecular weight excluding hydrogens is 344 g/mol. The Balaban J connectivity index is 0.00000288. The molecule has 0 aliphatic carbocycles. The number of benzene rings is 2. The Kier molecular flexibility index (Phi) is 7.90. The monoisotopic (exact) mass is 368 g/mol. The van der Waals surface area contributed by atoms with Gasteiger partial charge in [0.2, 0.25) is 10.0 Å². The quantitative estimate of drug-likeness (QED) is 0.787. The Morgan fingerprint density at radius 2 is 1.50 bits per heavy atom. The SMILES string of the molecule is CC(C)c1ccc(C(N)CNS(=O)(=O)Cc2ccccc2)cc1.Cl. The summed E-state index contributed by atoms with van der Waals surface area (Å²) in [5.41, 5.74) is 9.02. The van der Waals surface area contributed by atoms with Gasteiger partial charge in [-0.2, -0.15) is 0 Å². The molecule has 0 amide bonds. The lowest BCUT2D eigenvalue weighted by Crippen LogP contribution is -2.32. The predicted octanol–water partition coefficient (Wildman–Crippen LogP) is 3.35. The number of halogens is 1. The van der Waals surface area contributed by atoms with Gasteiger partial charge in [0.25, 0.3) is 0 Å². The van der Waals surface area contributed by atoms with Gasteiger partial charge in [-0.05, 0) is 22.6 Å². The van der Waals surface area contributed by atoms with Gasteiger partial charge >= 0.3 is 0 Å². The second-order valence-electron chi connectivity index (χ2n) is 6.02. The largest absolute Gasteiger partial charge is 0.323 e. The summed E-state index contributed by atoms with van der Waals surface area (Å²) >= 11 is 0. The van der Waals surface area contributed by atoms with E-state index in [0.717, 1.165) is 11.1 Å². The van der Waals surface area contributed by atoms with Crippen LogP contribution in [0.2, 0.25) is 0 Å². The number of sulfonamides is 1. The van der Waals surface area contributed by atoms with E-state index in [4.69, 9.17) is 5.73 Å². The van der Waals surface area contributed by atoms with Crippen molar-refractivity contribution in [1.82, 2.24) is 4.72 Å². The van der Waals surface area contributed by atoms with Crippen LogP contribution in [0.15, 0.2) is 54.6 Å². The van der Waals surface area contributed by atoms with Gasteiger partial charge < -0.3 is 5.73 Å². The first-order valence-electron chi connectivity index (χ1n) is 7.74. The van der Waals surface area contributed by atoms with E-state index in [1.165, 1.54) is 5.56 Å². The molecule has 0 radical (unpaired) electrons. The minimum Gasteiger partial charge on any atom is -0.323 e. The molecule has 0 aliphatic rings. The van der Waals surface area contributed by atoms with Crippen molar-refractivity contribution in [2.75, 3.05) is 6.54 Å². The third-order valence-electron chi connectivity index (χ3n) is 3.75. The van der Waals surface area contributed by atoms with Gasteiger partial charge in [-0.1, -0.05) is 68.4 Å². The van der Waals surface area contributed by atoms with Crippen LogP contribution in [0.4, 0.5) is 0 Å². The Labute approximate surface area is 150 Å². The average molecular weight is 369 g/mol. The van der Waals surface area contributed by atoms with Crippen LogP contribution in [-0.4, -0.2) is 15.0 Å². The van der Waals surface area contributed by atoms with Crippen molar-refractivity contribution in [3.8, 4) is 0 Å². The highest BCUT2D eigenvalue weighted by Gasteiger charge is 2.14. The lowest BCUT2D eigenvalue weighted by Gasteiger charge is -2.15. The van der Waals surface area contributed by atoms with E-state index in [1.54, 1.807) is 12.1 Å². The highest BCUT2D eigenvalue weighted by Crippen LogP contribution is 2.17. The minimum atomic E-state index is -3.39. The first kappa shape index (κ1) is 20.6. The average Bonchev–Trinajstić information content (AvgIpc) is 2.53. The highest BCUT2D eigenvalue weighted by molar-refractivity contribution is 7.88. The first-order valence-corrected chi connectivity index (χ1v) is 9.39.